The number of amides is 1. The van der Waals surface area contributed by atoms with Gasteiger partial charge in [-0.15, -0.1) is 0 Å². The number of carbonyl (C=O) groups is 1. The van der Waals surface area contributed by atoms with Gasteiger partial charge in [0.2, 0.25) is 5.91 Å². The number of nitrogens with zero attached hydrogens (tertiary/aromatic N) is 4. The van der Waals surface area contributed by atoms with E-state index in [1.165, 1.54) is 29.1 Å². The lowest BCUT2D eigenvalue weighted by Crippen LogP contribution is -2.25. The number of benzene rings is 1. The Bertz CT molecular complexity index is 1030. The van der Waals surface area contributed by atoms with Gasteiger partial charge in [0.05, 0.1) is 34.4 Å². The monoisotopic (exact) mass is 367 g/mol. The van der Waals surface area contributed by atoms with Gasteiger partial charge in [0.25, 0.3) is 11.2 Å². The summed E-state index contributed by atoms with van der Waals surface area (Å²) in [7, 11) is 0. The van der Waals surface area contributed by atoms with E-state index in [2.05, 4.69) is 15.3 Å². The van der Waals surface area contributed by atoms with Crippen LogP contribution in [0.3, 0.4) is 0 Å². The van der Waals surface area contributed by atoms with E-state index in [0.29, 0.717) is 25.0 Å². The zero-order valence-corrected chi connectivity index (χ0v) is 14.4. The molecule has 0 saturated heterocycles. The van der Waals surface area contributed by atoms with Crippen molar-refractivity contribution in [1.82, 2.24) is 19.9 Å². The third-order valence-corrected chi connectivity index (χ3v) is 4.01. The molecule has 0 saturated carbocycles. The molecular weight excluding hydrogens is 350 g/mol. The van der Waals surface area contributed by atoms with Gasteiger partial charge in [0.1, 0.15) is 0 Å². The minimum Gasteiger partial charge on any atom is -0.350 e. The molecule has 27 heavy (non-hydrogen) atoms. The zero-order valence-electron chi connectivity index (χ0n) is 14.4. The molecule has 0 atom stereocenters. The van der Waals surface area contributed by atoms with Crippen molar-refractivity contribution >= 4 is 22.5 Å². The minimum atomic E-state index is -0.553. The molecule has 0 unspecified atom stereocenters. The fraction of sp³-hybridized carbons (Fsp3) is 0.222. The number of nitrogens with one attached hydrogen (secondary N) is 1. The number of nitro benzene ring substituents is 1. The van der Waals surface area contributed by atoms with E-state index >= 15 is 0 Å². The van der Waals surface area contributed by atoms with Crippen molar-refractivity contribution in [2.45, 2.75) is 25.9 Å². The van der Waals surface area contributed by atoms with Gasteiger partial charge in [0.15, 0.2) is 0 Å². The summed E-state index contributed by atoms with van der Waals surface area (Å²) in [6.45, 7) is 0.641. The highest BCUT2D eigenvalue weighted by molar-refractivity contribution is 5.79. The highest BCUT2D eigenvalue weighted by atomic mass is 16.6. The molecule has 1 N–H and O–H groups in total. The number of aryl methyl sites for hydroxylation is 1. The standard InChI is InChI=1S/C18H17N5O4/c24-17(20-11-13-4-1-2-8-19-13)5-3-9-22-12-21-16-7-6-14(23(26)27)10-15(16)18(22)25/h1-2,4,6-8,10,12H,3,5,9,11H2,(H,20,24). The second kappa shape index (κ2) is 8.17. The number of fused-ring (bicyclic) bond motifs is 1. The van der Waals surface area contributed by atoms with Crippen molar-refractivity contribution in [2.24, 2.45) is 0 Å². The van der Waals surface area contributed by atoms with Crippen LogP contribution in [0.5, 0.6) is 0 Å². The van der Waals surface area contributed by atoms with Crippen LogP contribution in [0.1, 0.15) is 18.5 Å². The molecule has 1 amide bonds. The van der Waals surface area contributed by atoms with Gasteiger partial charge in [-0.2, -0.15) is 0 Å². The highest BCUT2D eigenvalue weighted by Gasteiger charge is 2.11. The van der Waals surface area contributed by atoms with Crippen LogP contribution in [0.2, 0.25) is 0 Å². The van der Waals surface area contributed by atoms with E-state index < -0.39 is 4.92 Å². The summed E-state index contributed by atoms with van der Waals surface area (Å²) in [5.74, 6) is -0.141. The van der Waals surface area contributed by atoms with Crippen LogP contribution in [-0.4, -0.2) is 25.4 Å². The molecule has 0 aliphatic carbocycles. The molecule has 0 radical (unpaired) electrons. The fourth-order valence-corrected chi connectivity index (χ4v) is 2.61. The summed E-state index contributed by atoms with van der Waals surface area (Å²) in [5.41, 5.74) is 0.642. The first-order chi connectivity index (χ1) is 13.0. The summed E-state index contributed by atoms with van der Waals surface area (Å²) in [6, 6.07) is 9.45. The Hall–Kier alpha value is -3.62. The second-order valence-corrected chi connectivity index (χ2v) is 5.90. The summed E-state index contributed by atoms with van der Waals surface area (Å²) in [5, 5.41) is 13.8. The Morgan fingerprint density at radius 1 is 1.22 bits per heavy atom. The Labute approximate surface area is 153 Å². The molecule has 9 heteroatoms. The van der Waals surface area contributed by atoms with Crippen molar-refractivity contribution < 1.29 is 9.72 Å². The summed E-state index contributed by atoms with van der Waals surface area (Å²) in [4.78, 5) is 43.0. The van der Waals surface area contributed by atoms with Crippen LogP contribution in [0.4, 0.5) is 5.69 Å². The van der Waals surface area contributed by atoms with Gasteiger partial charge < -0.3 is 5.32 Å². The smallest absolute Gasteiger partial charge is 0.270 e. The first-order valence-corrected chi connectivity index (χ1v) is 8.35. The Morgan fingerprint density at radius 3 is 2.81 bits per heavy atom. The number of pyridine rings is 1. The fourth-order valence-electron chi connectivity index (χ4n) is 2.61. The van der Waals surface area contributed by atoms with Crippen molar-refractivity contribution in [2.75, 3.05) is 0 Å². The molecule has 0 fully saturated rings. The zero-order chi connectivity index (χ0) is 19.2. The summed E-state index contributed by atoms with van der Waals surface area (Å²) >= 11 is 0. The van der Waals surface area contributed by atoms with E-state index in [9.17, 15) is 19.7 Å². The molecule has 2 aromatic heterocycles. The van der Waals surface area contributed by atoms with Crippen molar-refractivity contribution in [1.29, 1.82) is 0 Å². The Morgan fingerprint density at radius 2 is 2.07 bits per heavy atom. The topological polar surface area (TPSA) is 120 Å². The molecule has 1 aromatic carbocycles. The van der Waals surface area contributed by atoms with Gasteiger partial charge in [0, 0.05) is 31.3 Å². The lowest BCUT2D eigenvalue weighted by atomic mass is 10.2. The lowest BCUT2D eigenvalue weighted by molar-refractivity contribution is -0.384. The van der Waals surface area contributed by atoms with Crippen molar-refractivity contribution in [3.05, 3.63) is 75.1 Å². The Kier molecular flexibility index (Phi) is 5.50. The Balaban J connectivity index is 1.60. The van der Waals surface area contributed by atoms with E-state index in [1.807, 2.05) is 12.1 Å². The van der Waals surface area contributed by atoms with Crippen molar-refractivity contribution in [3.63, 3.8) is 0 Å². The molecular formula is C18H17N5O4. The third kappa shape index (κ3) is 4.51. The molecule has 3 aromatic rings. The van der Waals surface area contributed by atoms with Gasteiger partial charge in [-0.3, -0.25) is 29.3 Å². The predicted molar refractivity (Wildman–Crippen MR) is 98.0 cm³/mol. The molecule has 0 aliphatic heterocycles. The van der Waals surface area contributed by atoms with Crippen LogP contribution >= 0.6 is 0 Å². The maximum Gasteiger partial charge on any atom is 0.270 e. The largest absolute Gasteiger partial charge is 0.350 e. The molecule has 9 nitrogen and oxygen atoms in total. The lowest BCUT2D eigenvalue weighted by Gasteiger charge is -2.07. The number of rotatable bonds is 7. The van der Waals surface area contributed by atoms with Crippen LogP contribution < -0.4 is 10.9 Å². The third-order valence-electron chi connectivity index (χ3n) is 4.01. The maximum absolute atomic E-state index is 12.5. The van der Waals surface area contributed by atoms with Crippen LogP contribution in [0, 0.1) is 10.1 Å². The number of nitro groups is 1. The number of hydrogen-bond acceptors (Lipinski definition) is 6. The normalized spacial score (nSPS) is 10.7. The van der Waals surface area contributed by atoms with E-state index in [1.54, 1.807) is 12.3 Å². The van der Waals surface area contributed by atoms with Crippen LogP contribution in [0.25, 0.3) is 10.9 Å². The average molecular weight is 367 g/mol. The molecule has 138 valence electrons. The highest BCUT2D eigenvalue weighted by Crippen LogP contribution is 2.16. The number of carbonyl (C=O) groups excluding carboxylic acids is 1. The van der Waals surface area contributed by atoms with E-state index in [4.69, 9.17) is 0 Å². The van der Waals surface area contributed by atoms with Gasteiger partial charge in [-0.25, -0.2) is 4.98 Å². The van der Waals surface area contributed by atoms with E-state index in [-0.39, 0.29) is 29.0 Å². The van der Waals surface area contributed by atoms with Crippen molar-refractivity contribution in [3.8, 4) is 0 Å². The maximum atomic E-state index is 12.5. The molecule has 0 bridgehead atoms. The number of non-ortho nitro benzene ring substituents is 1. The van der Waals surface area contributed by atoms with E-state index in [0.717, 1.165) is 5.69 Å². The summed E-state index contributed by atoms with van der Waals surface area (Å²) in [6.07, 6.45) is 3.73. The molecule has 2 heterocycles. The SMILES string of the molecule is O=C(CCCn1cnc2ccc([N+](=O)[O-])cc2c1=O)NCc1ccccn1. The number of hydrogen-bond donors (Lipinski definition) is 1. The van der Waals surface area contributed by atoms with Gasteiger partial charge in [-0.1, -0.05) is 6.07 Å². The first kappa shape index (κ1) is 18.2. The van der Waals surface area contributed by atoms with Gasteiger partial charge >= 0.3 is 0 Å². The molecule has 3 rings (SSSR count). The quantitative estimate of drug-likeness (QED) is 0.502. The van der Waals surface area contributed by atoms with Crippen LogP contribution in [0.15, 0.2) is 53.7 Å². The number of aromatic nitrogens is 3. The molecule has 0 aliphatic rings. The first-order valence-electron chi connectivity index (χ1n) is 8.35. The predicted octanol–water partition coefficient (Wildman–Crippen LogP) is 1.80. The second-order valence-electron chi connectivity index (χ2n) is 5.90. The minimum absolute atomic E-state index is 0.141. The summed E-state index contributed by atoms with van der Waals surface area (Å²) < 4.78 is 1.36. The van der Waals surface area contributed by atoms with Crippen LogP contribution in [-0.2, 0) is 17.9 Å². The molecule has 0 spiro atoms. The van der Waals surface area contributed by atoms with Gasteiger partial charge in [-0.05, 0) is 24.6 Å². The average Bonchev–Trinajstić information content (AvgIpc) is 2.68.